The maximum absolute atomic E-state index is 5.62. The third kappa shape index (κ3) is 2.85. The Hall–Kier alpha value is -1.81. The van der Waals surface area contributed by atoms with Gasteiger partial charge in [0.15, 0.2) is 0 Å². The second kappa shape index (κ2) is 5.50. The summed E-state index contributed by atoms with van der Waals surface area (Å²) in [4.78, 5) is 4.17. The molecule has 0 radical (unpaired) electrons. The molecule has 0 saturated carbocycles. The van der Waals surface area contributed by atoms with Gasteiger partial charge in [0.25, 0.3) is 0 Å². The van der Waals surface area contributed by atoms with Gasteiger partial charge in [-0.2, -0.15) is 0 Å². The standard InChI is InChI=1S/C16H17N/c1-3-14(16-9-6-10-17-12-16)11-15-8-5-4-7-13(15)2/h1,4-7,10-12,15-16H,8-9H2,2H3/b14-11+. The first-order valence-electron chi connectivity index (χ1n) is 6.01. The number of rotatable bonds is 2. The molecule has 0 spiro atoms. The van der Waals surface area contributed by atoms with E-state index in [1.54, 1.807) is 0 Å². The van der Waals surface area contributed by atoms with Crippen LogP contribution in [-0.4, -0.2) is 6.21 Å². The summed E-state index contributed by atoms with van der Waals surface area (Å²) in [6.07, 6.45) is 22.2. The van der Waals surface area contributed by atoms with E-state index in [-0.39, 0.29) is 5.92 Å². The fourth-order valence-electron chi connectivity index (χ4n) is 2.14. The first kappa shape index (κ1) is 11.7. The maximum atomic E-state index is 5.62. The molecule has 0 aromatic rings. The van der Waals surface area contributed by atoms with Gasteiger partial charge in [0.1, 0.15) is 0 Å². The third-order valence-electron chi connectivity index (χ3n) is 3.26. The molecule has 0 saturated heterocycles. The molecule has 0 fully saturated rings. The van der Waals surface area contributed by atoms with Crippen LogP contribution in [0, 0.1) is 24.2 Å². The zero-order valence-electron chi connectivity index (χ0n) is 10.1. The van der Waals surface area contributed by atoms with Gasteiger partial charge in [-0.25, -0.2) is 0 Å². The summed E-state index contributed by atoms with van der Waals surface area (Å²) in [5.74, 6) is 3.55. The first-order valence-corrected chi connectivity index (χ1v) is 6.01. The molecule has 2 atom stereocenters. The van der Waals surface area contributed by atoms with Crippen LogP contribution in [0.3, 0.4) is 0 Å². The van der Waals surface area contributed by atoms with E-state index in [1.807, 2.05) is 12.4 Å². The summed E-state index contributed by atoms with van der Waals surface area (Å²) in [5.41, 5.74) is 2.44. The predicted molar refractivity (Wildman–Crippen MR) is 73.7 cm³/mol. The smallest absolute Gasteiger partial charge is 0.0305 e. The molecule has 0 bridgehead atoms. The zero-order valence-corrected chi connectivity index (χ0v) is 10.1. The lowest BCUT2D eigenvalue weighted by atomic mass is 9.87. The minimum Gasteiger partial charge on any atom is -0.269 e. The normalized spacial score (nSPS) is 27.8. The Labute approximate surface area is 103 Å². The third-order valence-corrected chi connectivity index (χ3v) is 3.26. The second-order valence-corrected chi connectivity index (χ2v) is 4.47. The molecular weight excluding hydrogens is 206 g/mol. The second-order valence-electron chi connectivity index (χ2n) is 4.47. The highest BCUT2D eigenvalue weighted by Crippen LogP contribution is 2.26. The molecule has 2 rings (SSSR count). The Balaban J connectivity index is 2.16. The SMILES string of the molecule is C#C/C(=C\C1CC=CC=C1C)C1C=NC=CC1. The fraction of sp³-hybridized carbons (Fsp3) is 0.312. The first-order chi connectivity index (χ1) is 8.31. The van der Waals surface area contributed by atoms with Crippen LogP contribution in [0.1, 0.15) is 19.8 Å². The van der Waals surface area contributed by atoms with Crippen LogP contribution >= 0.6 is 0 Å². The zero-order chi connectivity index (χ0) is 12.1. The van der Waals surface area contributed by atoms with Gasteiger partial charge >= 0.3 is 0 Å². The van der Waals surface area contributed by atoms with Crippen LogP contribution < -0.4 is 0 Å². The summed E-state index contributed by atoms with van der Waals surface area (Å²) in [6, 6.07) is 0. The Morgan fingerprint density at radius 2 is 2.35 bits per heavy atom. The molecule has 1 aliphatic carbocycles. The van der Waals surface area contributed by atoms with Gasteiger partial charge in [-0.1, -0.05) is 41.9 Å². The minimum atomic E-state index is 0.281. The van der Waals surface area contributed by atoms with Gasteiger partial charge in [0.05, 0.1) is 0 Å². The Morgan fingerprint density at radius 1 is 1.47 bits per heavy atom. The van der Waals surface area contributed by atoms with Gasteiger partial charge in [-0.15, -0.1) is 6.42 Å². The summed E-state index contributed by atoms with van der Waals surface area (Å²) in [7, 11) is 0. The van der Waals surface area contributed by atoms with Crippen LogP contribution in [0.25, 0.3) is 0 Å². The van der Waals surface area contributed by atoms with Gasteiger partial charge in [-0.05, 0) is 19.8 Å². The maximum Gasteiger partial charge on any atom is 0.0305 e. The largest absolute Gasteiger partial charge is 0.269 e. The van der Waals surface area contributed by atoms with E-state index in [4.69, 9.17) is 6.42 Å². The molecule has 2 aliphatic rings. The van der Waals surface area contributed by atoms with Crippen molar-refractivity contribution in [2.75, 3.05) is 0 Å². The quantitative estimate of drug-likeness (QED) is 0.633. The molecule has 2 unspecified atom stereocenters. The van der Waals surface area contributed by atoms with Crippen LogP contribution in [0.15, 0.2) is 52.7 Å². The van der Waals surface area contributed by atoms with Crippen molar-refractivity contribution in [3.8, 4) is 12.3 Å². The average molecular weight is 223 g/mol. The highest BCUT2D eigenvalue weighted by atomic mass is 14.7. The lowest BCUT2D eigenvalue weighted by molar-refractivity contribution is 0.741. The van der Waals surface area contributed by atoms with Crippen molar-refractivity contribution in [2.24, 2.45) is 16.8 Å². The Morgan fingerprint density at radius 3 is 3.00 bits per heavy atom. The van der Waals surface area contributed by atoms with Crippen molar-refractivity contribution in [3.05, 3.63) is 47.7 Å². The van der Waals surface area contributed by atoms with E-state index >= 15 is 0 Å². The Bertz CT molecular complexity index is 466. The Kier molecular flexibility index (Phi) is 3.77. The van der Waals surface area contributed by atoms with E-state index < -0.39 is 0 Å². The number of nitrogens with zero attached hydrogens (tertiary/aromatic N) is 1. The van der Waals surface area contributed by atoms with Crippen LogP contribution in [-0.2, 0) is 0 Å². The molecule has 0 N–H and O–H groups in total. The number of allylic oxidation sites excluding steroid dienone is 7. The van der Waals surface area contributed by atoms with E-state index in [0.29, 0.717) is 5.92 Å². The molecule has 17 heavy (non-hydrogen) atoms. The van der Waals surface area contributed by atoms with Gasteiger partial charge in [0.2, 0.25) is 0 Å². The van der Waals surface area contributed by atoms with Crippen LogP contribution in [0.5, 0.6) is 0 Å². The lowest BCUT2D eigenvalue weighted by Gasteiger charge is -2.18. The van der Waals surface area contributed by atoms with Crippen molar-refractivity contribution in [1.82, 2.24) is 0 Å². The summed E-state index contributed by atoms with van der Waals surface area (Å²) < 4.78 is 0. The molecule has 1 nitrogen and oxygen atoms in total. The predicted octanol–water partition coefficient (Wildman–Crippen LogP) is 3.67. The number of aliphatic imine (C=N–C) groups is 1. The molecule has 1 heteroatoms. The molecule has 0 aromatic heterocycles. The van der Waals surface area contributed by atoms with E-state index in [9.17, 15) is 0 Å². The molecule has 86 valence electrons. The number of hydrogen-bond acceptors (Lipinski definition) is 1. The molecule has 0 aromatic carbocycles. The van der Waals surface area contributed by atoms with Crippen LogP contribution in [0.4, 0.5) is 0 Å². The monoisotopic (exact) mass is 223 g/mol. The minimum absolute atomic E-state index is 0.281. The van der Waals surface area contributed by atoms with Crippen molar-refractivity contribution >= 4 is 6.21 Å². The van der Waals surface area contributed by atoms with Gasteiger partial charge in [0, 0.05) is 29.8 Å². The summed E-state index contributed by atoms with van der Waals surface area (Å²) in [6.45, 7) is 2.16. The topological polar surface area (TPSA) is 12.4 Å². The fourth-order valence-corrected chi connectivity index (χ4v) is 2.14. The van der Waals surface area contributed by atoms with Crippen molar-refractivity contribution in [2.45, 2.75) is 19.8 Å². The summed E-state index contributed by atoms with van der Waals surface area (Å²) >= 11 is 0. The van der Waals surface area contributed by atoms with Crippen LogP contribution in [0.2, 0.25) is 0 Å². The van der Waals surface area contributed by atoms with Crippen molar-refractivity contribution in [1.29, 1.82) is 0 Å². The summed E-state index contributed by atoms with van der Waals surface area (Å²) in [5, 5.41) is 0. The highest BCUT2D eigenvalue weighted by Gasteiger charge is 2.15. The number of hydrogen-bond donors (Lipinski definition) is 0. The van der Waals surface area contributed by atoms with Gasteiger partial charge in [-0.3, -0.25) is 4.99 Å². The van der Waals surface area contributed by atoms with E-state index in [1.165, 1.54) is 5.57 Å². The van der Waals surface area contributed by atoms with Gasteiger partial charge < -0.3 is 0 Å². The molecule has 1 heterocycles. The van der Waals surface area contributed by atoms with Crippen molar-refractivity contribution < 1.29 is 0 Å². The number of terminal acetylenes is 1. The molecular formula is C16H17N. The molecule has 0 amide bonds. The highest BCUT2D eigenvalue weighted by molar-refractivity contribution is 5.69. The molecule has 1 aliphatic heterocycles. The van der Waals surface area contributed by atoms with Crippen molar-refractivity contribution in [3.63, 3.8) is 0 Å². The lowest BCUT2D eigenvalue weighted by Crippen LogP contribution is -2.09. The average Bonchev–Trinajstić information content (AvgIpc) is 2.39. The van der Waals surface area contributed by atoms with E-state index in [0.717, 1.165) is 18.4 Å². The van der Waals surface area contributed by atoms with E-state index in [2.05, 4.69) is 48.2 Å².